The minimum absolute atomic E-state index is 0.603. The SMILES string of the molecule is C(CSCC1CO1)SCCSC1CSC1. The van der Waals surface area contributed by atoms with Crippen molar-refractivity contribution in [1.82, 2.24) is 0 Å². The van der Waals surface area contributed by atoms with E-state index in [0.29, 0.717) is 6.10 Å². The Labute approximate surface area is 110 Å². The average Bonchev–Trinajstić information content (AvgIpc) is 2.96. The van der Waals surface area contributed by atoms with Crippen LogP contribution in [0.25, 0.3) is 0 Å². The summed E-state index contributed by atoms with van der Waals surface area (Å²) < 4.78 is 5.17. The Kier molecular flexibility index (Phi) is 6.52. The molecule has 1 nitrogen and oxygen atoms in total. The van der Waals surface area contributed by atoms with E-state index in [1.807, 2.05) is 11.8 Å². The van der Waals surface area contributed by atoms with Crippen LogP contribution in [0.5, 0.6) is 0 Å². The molecule has 0 aromatic carbocycles. The van der Waals surface area contributed by atoms with Crippen LogP contribution in [0.15, 0.2) is 0 Å². The standard InChI is InChI=1S/C10H18OS4/c1(2-13-6-9-5-11-9)12-3-4-15-10-7-14-8-10/h9-10H,1-8H2. The number of ether oxygens (including phenoxy) is 1. The zero-order chi connectivity index (χ0) is 10.3. The van der Waals surface area contributed by atoms with Gasteiger partial charge in [-0.3, -0.25) is 0 Å². The van der Waals surface area contributed by atoms with Crippen molar-refractivity contribution in [2.24, 2.45) is 0 Å². The van der Waals surface area contributed by atoms with Gasteiger partial charge in [0.2, 0.25) is 0 Å². The lowest BCUT2D eigenvalue weighted by Crippen LogP contribution is -2.21. The van der Waals surface area contributed by atoms with E-state index in [4.69, 9.17) is 4.74 Å². The van der Waals surface area contributed by atoms with Gasteiger partial charge in [0.05, 0.1) is 12.7 Å². The molecule has 2 saturated heterocycles. The van der Waals surface area contributed by atoms with Crippen LogP contribution in [-0.4, -0.2) is 58.2 Å². The van der Waals surface area contributed by atoms with Gasteiger partial charge in [0.15, 0.2) is 0 Å². The number of thioether (sulfide) groups is 4. The lowest BCUT2D eigenvalue weighted by molar-refractivity contribution is 0.426. The quantitative estimate of drug-likeness (QED) is 0.475. The molecule has 0 aromatic rings. The van der Waals surface area contributed by atoms with Crippen LogP contribution in [0.4, 0.5) is 0 Å². The molecular weight excluding hydrogens is 264 g/mol. The summed E-state index contributed by atoms with van der Waals surface area (Å²) in [7, 11) is 0. The topological polar surface area (TPSA) is 12.5 Å². The first-order valence-corrected chi connectivity index (χ1v) is 9.93. The number of hydrogen-bond donors (Lipinski definition) is 0. The van der Waals surface area contributed by atoms with Crippen LogP contribution >= 0.6 is 47.0 Å². The van der Waals surface area contributed by atoms with Gasteiger partial charge in [-0.05, 0) is 0 Å². The van der Waals surface area contributed by atoms with Crippen LogP contribution in [0, 0.1) is 0 Å². The molecule has 0 bridgehead atoms. The van der Waals surface area contributed by atoms with Gasteiger partial charge >= 0.3 is 0 Å². The molecule has 0 spiro atoms. The lowest BCUT2D eigenvalue weighted by Gasteiger charge is -2.23. The summed E-state index contributed by atoms with van der Waals surface area (Å²) in [5.74, 6) is 9.32. The molecule has 15 heavy (non-hydrogen) atoms. The lowest BCUT2D eigenvalue weighted by atomic mass is 10.5. The van der Waals surface area contributed by atoms with Crippen molar-refractivity contribution in [3.63, 3.8) is 0 Å². The normalized spacial score (nSPS) is 25.2. The Balaban J connectivity index is 1.26. The highest BCUT2D eigenvalue weighted by atomic mass is 32.2. The molecule has 5 heteroatoms. The van der Waals surface area contributed by atoms with E-state index in [2.05, 4.69) is 35.3 Å². The first-order valence-electron chi connectivity index (χ1n) is 5.41. The number of hydrogen-bond acceptors (Lipinski definition) is 5. The molecule has 88 valence electrons. The van der Waals surface area contributed by atoms with Crippen LogP contribution in [-0.2, 0) is 4.74 Å². The fraction of sp³-hybridized carbons (Fsp3) is 1.00. The highest BCUT2D eigenvalue weighted by Gasteiger charge is 2.21. The summed E-state index contributed by atoms with van der Waals surface area (Å²) in [5.41, 5.74) is 0. The minimum Gasteiger partial charge on any atom is -0.372 e. The molecule has 2 heterocycles. The van der Waals surface area contributed by atoms with Crippen LogP contribution in [0.1, 0.15) is 0 Å². The maximum atomic E-state index is 5.17. The molecule has 2 aliphatic heterocycles. The maximum Gasteiger partial charge on any atom is 0.0900 e. The summed E-state index contributed by atoms with van der Waals surface area (Å²) in [4.78, 5) is 0. The molecule has 0 amide bonds. The van der Waals surface area contributed by atoms with Gasteiger partial charge in [-0.2, -0.15) is 47.0 Å². The molecule has 0 radical (unpaired) electrons. The Morgan fingerprint density at radius 1 is 1.07 bits per heavy atom. The fourth-order valence-corrected chi connectivity index (χ4v) is 5.92. The van der Waals surface area contributed by atoms with E-state index in [0.717, 1.165) is 11.9 Å². The van der Waals surface area contributed by atoms with E-state index < -0.39 is 0 Å². The molecule has 0 N–H and O–H groups in total. The molecule has 2 rings (SSSR count). The fourth-order valence-electron chi connectivity index (χ4n) is 1.18. The highest BCUT2D eigenvalue weighted by molar-refractivity contribution is 8.08. The monoisotopic (exact) mass is 282 g/mol. The Morgan fingerprint density at radius 2 is 1.80 bits per heavy atom. The van der Waals surface area contributed by atoms with Crippen molar-refractivity contribution in [3.8, 4) is 0 Å². The van der Waals surface area contributed by atoms with Crippen molar-refractivity contribution in [1.29, 1.82) is 0 Å². The molecule has 0 aromatic heterocycles. The van der Waals surface area contributed by atoms with Crippen molar-refractivity contribution in [3.05, 3.63) is 0 Å². The average molecular weight is 283 g/mol. The molecular formula is C10H18OS4. The van der Waals surface area contributed by atoms with Crippen molar-refractivity contribution in [2.75, 3.05) is 46.9 Å². The van der Waals surface area contributed by atoms with Gasteiger partial charge < -0.3 is 4.74 Å². The molecule has 1 unspecified atom stereocenters. The van der Waals surface area contributed by atoms with Gasteiger partial charge in [0.25, 0.3) is 0 Å². The Bertz CT molecular complexity index is 171. The van der Waals surface area contributed by atoms with Crippen LogP contribution in [0.3, 0.4) is 0 Å². The van der Waals surface area contributed by atoms with Gasteiger partial charge in [-0.15, -0.1) is 0 Å². The molecule has 2 fully saturated rings. The number of rotatable bonds is 9. The van der Waals surface area contributed by atoms with E-state index >= 15 is 0 Å². The van der Waals surface area contributed by atoms with Gasteiger partial charge in [-0.25, -0.2) is 0 Å². The van der Waals surface area contributed by atoms with E-state index in [1.54, 1.807) is 0 Å². The number of epoxide rings is 1. The smallest absolute Gasteiger partial charge is 0.0900 e. The second-order valence-corrected chi connectivity index (χ2v) is 8.53. The first kappa shape index (κ1) is 12.8. The first-order chi connectivity index (χ1) is 7.45. The van der Waals surface area contributed by atoms with Crippen LogP contribution in [0.2, 0.25) is 0 Å². The molecule has 0 aliphatic carbocycles. The summed E-state index contributed by atoms with van der Waals surface area (Å²) in [6.45, 7) is 1.01. The highest BCUT2D eigenvalue weighted by Crippen LogP contribution is 2.29. The van der Waals surface area contributed by atoms with Gasteiger partial charge in [0.1, 0.15) is 0 Å². The Morgan fingerprint density at radius 3 is 2.47 bits per heavy atom. The van der Waals surface area contributed by atoms with Crippen molar-refractivity contribution >= 4 is 47.0 Å². The summed E-state index contributed by atoms with van der Waals surface area (Å²) in [6, 6.07) is 0. The summed E-state index contributed by atoms with van der Waals surface area (Å²) >= 11 is 8.42. The van der Waals surface area contributed by atoms with Crippen LogP contribution < -0.4 is 0 Å². The van der Waals surface area contributed by atoms with Gasteiger partial charge in [-0.1, -0.05) is 0 Å². The largest absolute Gasteiger partial charge is 0.372 e. The summed E-state index contributed by atoms with van der Waals surface area (Å²) in [5, 5.41) is 0.983. The third-order valence-electron chi connectivity index (χ3n) is 2.27. The Hall–Kier alpha value is 1.36. The predicted molar refractivity (Wildman–Crippen MR) is 78.0 cm³/mol. The van der Waals surface area contributed by atoms with E-state index in [1.165, 1.54) is 40.3 Å². The van der Waals surface area contributed by atoms with E-state index in [9.17, 15) is 0 Å². The maximum absolute atomic E-state index is 5.17. The zero-order valence-corrected chi connectivity index (χ0v) is 12.1. The van der Waals surface area contributed by atoms with Gasteiger partial charge in [0, 0.05) is 45.5 Å². The third-order valence-corrected chi connectivity index (χ3v) is 7.81. The third kappa shape index (κ3) is 6.01. The minimum atomic E-state index is 0.603. The zero-order valence-electron chi connectivity index (χ0n) is 8.85. The predicted octanol–water partition coefficient (Wildman–Crippen LogP) is 2.70. The molecule has 2 aliphatic rings. The van der Waals surface area contributed by atoms with Crippen molar-refractivity contribution in [2.45, 2.75) is 11.4 Å². The summed E-state index contributed by atoms with van der Waals surface area (Å²) in [6.07, 6.45) is 0.603. The second kappa shape index (κ2) is 7.64. The molecule has 1 atom stereocenters. The second-order valence-electron chi connectivity index (χ2n) is 3.67. The molecule has 0 saturated carbocycles. The van der Waals surface area contributed by atoms with Crippen molar-refractivity contribution < 1.29 is 4.74 Å². The van der Waals surface area contributed by atoms with E-state index in [-0.39, 0.29) is 0 Å².